The minimum atomic E-state index is -0.132. The second-order valence-electron chi connectivity index (χ2n) is 7.75. The predicted molar refractivity (Wildman–Crippen MR) is 105 cm³/mol. The minimum Gasteiger partial charge on any atom is -0.454 e. The predicted octanol–water partition coefficient (Wildman–Crippen LogP) is 2.37. The molecule has 2 aliphatic rings. The van der Waals surface area contributed by atoms with Gasteiger partial charge in [-0.3, -0.25) is 14.3 Å². The molecular weight excluding hydrogens is 394 g/mol. The zero-order chi connectivity index (χ0) is 20.1. The number of carbonyl (C=O) groups excluding carboxylic acids is 1. The minimum absolute atomic E-state index is 0.0508. The zero-order valence-electron chi connectivity index (χ0n) is 15.9. The van der Waals surface area contributed by atoms with Crippen molar-refractivity contribution in [3.8, 4) is 0 Å². The number of aryl methyl sites for hydroxylation is 1. The molecule has 0 saturated carbocycles. The van der Waals surface area contributed by atoms with E-state index in [2.05, 4.69) is 15.1 Å². The molecular formula is C20H20ClN5O3. The molecule has 1 aliphatic heterocycles. The van der Waals surface area contributed by atoms with Crippen LogP contribution in [0.25, 0.3) is 0 Å². The number of carbonyl (C=O) groups is 1. The number of amides is 1. The van der Waals surface area contributed by atoms with Crippen molar-refractivity contribution in [1.29, 1.82) is 0 Å². The molecule has 8 nitrogen and oxygen atoms in total. The van der Waals surface area contributed by atoms with E-state index in [0.717, 1.165) is 17.7 Å². The molecule has 0 unspecified atom stereocenters. The van der Waals surface area contributed by atoms with E-state index in [1.54, 1.807) is 36.1 Å². The highest BCUT2D eigenvalue weighted by Crippen LogP contribution is 2.39. The average molecular weight is 414 g/mol. The summed E-state index contributed by atoms with van der Waals surface area (Å²) in [5.41, 5.74) is 1.57. The normalized spacial score (nSPS) is 20.6. The third-order valence-electron chi connectivity index (χ3n) is 5.80. The second-order valence-corrected chi connectivity index (χ2v) is 8.19. The number of furan rings is 1. The van der Waals surface area contributed by atoms with Crippen LogP contribution < -0.4 is 5.56 Å². The number of nitrogens with one attached hydrogen (secondary N) is 1. The van der Waals surface area contributed by atoms with Gasteiger partial charge in [-0.1, -0.05) is 11.6 Å². The van der Waals surface area contributed by atoms with E-state index in [4.69, 9.17) is 16.0 Å². The smallest absolute Gasteiger partial charge is 0.289 e. The van der Waals surface area contributed by atoms with E-state index in [1.165, 1.54) is 0 Å². The molecule has 29 heavy (non-hydrogen) atoms. The van der Waals surface area contributed by atoms with Gasteiger partial charge in [0.15, 0.2) is 5.76 Å². The lowest BCUT2D eigenvalue weighted by atomic mass is 9.80. The topological polar surface area (TPSA) is 97.0 Å². The summed E-state index contributed by atoms with van der Waals surface area (Å²) in [5.74, 6) is 1.86. The summed E-state index contributed by atoms with van der Waals surface area (Å²) in [6, 6.07) is 3.48. The molecule has 0 spiro atoms. The highest BCUT2D eigenvalue weighted by molar-refractivity contribution is 6.30. The Bertz CT molecular complexity index is 1150. The molecule has 1 amide bonds. The first kappa shape index (κ1) is 18.2. The van der Waals surface area contributed by atoms with Crippen LogP contribution in [0, 0.1) is 12.8 Å². The van der Waals surface area contributed by atoms with Gasteiger partial charge in [-0.05, 0) is 37.8 Å². The van der Waals surface area contributed by atoms with Crippen molar-refractivity contribution in [2.75, 3.05) is 13.1 Å². The van der Waals surface area contributed by atoms with Crippen LogP contribution in [0.1, 0.15) is 45.7 Å². The van der Waals surface area contributed by atoms with Crippen LogP contribution in [0.2, 0.25) is 5.02 Å². The van der Waals surface area contributed by atoms with Gasteiger partial charge in [-0.25, -0.2) is 4.98 Å². The van der Waals surface area contributed by atoms with E-state index in [1.807, 2.05) is 4.90 Å². The molecule has 1 N–H and O–H groups in total. The summed E-state index contributed by atoms with van der Waals surface area (Å²) in [6.45, 7) is 3.41. The lowest BCUT2D eigenvalue weighted by molar-refractivity contribution is 0.0752. The number of hydrogen-bond donors (Lipinski definition) is 1. The lowest BCUT2D eigenvalue weighted by Crippen LogP contribution is -2.29. The van der Waals surface area contributed by atoms with Crippen LogP contribution in [-0.2, 0) is 13.0 Å². The molecule has 2 atom stereocenters. The monoisotopic (exact) mass is 413 g/mol. The summed E-state index contributed by atoms with van der Waals surface area (Å²) in [6.07, 6.45) is 4.85. The van der Waals surface area contributed by atoms with Crippen molar-refractivity contribution in [2.24, 2.45) is 5.92 Å². The van der Waals surface area contributed by atoms with Crippen LogP contribution >= 0.6 is 11.6 Å². The quantitative estimate of drug-likeness (QED) is 0.711. The molecule has 0 bridgehead atoms. The Hall–Kier alpha value is -2.87. The number of rotatable bonds is 3. The fourth-order valence-electron chi connectivity index (χ4n) is 4.47. The van der Waals surface area contributed by atoms with Gasteiger partial charge in [0, 0.05) is 30.8 Å². The summed E-state index contributed by atoms with van der Waals surface area (Å²) in [5, 5.41) is 4.67. The first-order valence-electron chi connectivity index (χ1n) is 9.63. The molecule has 1 aliphatic carbocycles. The van der Waals surface area contributed by atoms with Crippen LogP contribution in [0.4, 0.5) is 0 Å². The first-order valence-corrected chi connectivity index (χ1v) is 10.0. The molecule has 3 aromatic rings. The summed E-state index contributed by atoms with van der Waals surface area (Å²) in [7, 11) is 0. The molecule has 5 rings (SSSR count). The van der Waals surface area contributed by atoms with Gasteiger partial charge >= 0.3 is 0 Å². The van der Waals surface area contributed by atoms with Crippen molar-refractivity contribution in [3.63, 3.8) is 0 Å². The standard InChI is InChI=1S/C20H20ClN5O3/c1-11-23-18-15(19(27)24-11)4-2-12-7-25(10-16(12)18)20(28)17-5-3-14(29-17)9-26-8-13(21)6-22-26/h3,5-6,8,12,16H,2,4,7,9-10H2,1H3,(H,23,24,27)/t12-,16+/m1/s1. The average Bonchev–Trinajstić information content (AvgIpc) is 3.41. The molecule has 4 heterocycles. The van der Waals surface area contributed by atoms with Crippen molar-refractivity contribution < 1.29 is 9.21 Å². The van der Waals surface area contributed by atoms with Crippen molar-refractivity contribution in [2.45, 2.75) is 32.2 Å². The first-order chi connectivity index (χ1) is 14.0. The van der Waals surface area contributed by atoms with Gasteiger partial charge in [0.05, 0.1) is 23.5 Å². The maximum atomic E-state index is 13.0. The SMILES string of the molecule is Cc1nc2c(c(=O)[nH]1)CC[C@@H]1CN(C(=O)c3ccc(Cn4cc(Cl)cn4)o3)C[C@H]21. The highest BCUT2D eigenvalue weighted by Gasteiger charge is 2.41. The number of aromatic nitrogens is 4. The maximum Gasteiger partial charge on any atom is 0.289 e. The van der Waals surface area contributed by atoms with Crippen molar-refractivity contribution >= 4 is 17.5 Å². The molecule has 3 aromatic heterocycles. The maximum absolute atomic E-state index is 13.0. The van der Waals surface area contributed by atoms with Gasteiger partial charge < -0.3 is 14.3 Å². The van der Waals surface area contributed by atoms with E-state index < -0.39 is 0 Å². The lowest BCUT2D eigenvalue weighted by Gasteiger charge is -2.25. The van der Waals surface area contributed by atoms with E-state index in [9.17, 15) is 9.59 Å². The fourth-order valence-corrected chi connectivity index (χ4v) is 4.62. The Balaban J connectivity index is 1.34. The molecule has 1 fully saturated rings. The number of aromatic amines is 1. The van der Waals surface area contributed by atoms with Crippen LogP contribution in [0.5, 0.6) is 0 Å². The van der Waals surface area contributed by atoms with E-state index in [0.29, 0.717) is 54.3 Å². The Labute approximate surface area is 171 Å². The summed E-state index contributed by atoms with van der Waals surface area (Å²) < 4.78 is 7.42. The van der Waals surface area contributed by atoms with E-state index in [-0.39, 0.29) is 17.4 Å². The van der Waals surface area contributed by atoms with Gasteiger partial charge in [0.25, 0.3) is 11.5 Å². The van der Waals surface area contributed by atoms with Gasteiger partial charge in [0.2, 0.25) is 0 Å². The second kappa shape index (κ2) is 6.88. The van der Waals surface area contributed by atoms with Gasteiger partial charge in [-0.15, -0.1) is 0 Å². The van der Waals surface area contributed by atoms with Crippen LogP contribution in [0.3, 0.4) is 0 Å². The summed E-state index contributed by atoms with van der Waals surface area (Å²) >= 11 is 5.88. The Kier molecular flexibility index (Phi) is 4.31. The van der Waals surface area contributed by atoms with Crippen LogP contribution in [0.15, 0.2) is 33.7 Å². The molecule has 150 valence electrons. The number of halogens is 1. The molecule has 1 saturated heterocycles. The Morgan fingerprint density at radius 2 is 2.24 bits per heavy atom. The molecule has 9 heteroatoms. The van der Waals surface area contributed by atoms with E-state index >= 15 is 0 Å². The third kappa shape index (κ3) is 3.27. The van der Waals surface area contributed by atoms with Crippen molar-refractivity contribution in [3.05, 3.63) is 68.5 Å². The summed E-state index contributed by atoms with van der Waals surface area (Å²) in [4.78, 5) is 34.5. The number of likely N-dealkylation sites (tertiary alicyclic amines) is 1. The number of H-pyrrole nitrogens is 1. The third-order valence-corrected chi connectivity index (χ3v) is 6.00. The number of fused-ring (bicyclic) bond motifs is 3. The number of nitrogens with zero attached hydrogens (tertiary/aromatic N) is 4. The Morgan fingerprint density at radius 3 is 3.03 bits per heavy atom. The van der Waals surface area contributed by atoms with Gasteiger partial charge in [0.1, 0.15) is 11.6 Å². The fraction of sp³-hybridized carbons (Fsp3) is 0.400. The number of hydrogen-bond acceptors (Lipinski definition) is 5. The molecule has 0 radical (unpaired) electrons. The van der Waals surface area contributed by atoms with Crippen molar-refractivity contribution in [1.82, 2.24) is 24.6 Å². The molecule has 0 aromatic carbocycles. The Morgan fingerprint density at radius 1 is 1.38 bits per heavy atom. The zero-order valence-corrected chi connectivity index (χ0v) is 16.6. The largest absolute Gasteiger partial charge is 0.454 e. The van der Waals surface area contributed by atoms with Crippen LogP contribution in [-0.4, -0.2) is 43.6 Å². The highest BCUT2D eigenvalue weighted by atomic mass is 35.5. The van der Waals surface area contributed by atoms with Gasteiger partial charge in [-0.2, -0.15) is 5.10 Å².